The van der Waals surface area contributed by atoms with E-state index in [0.29, 0.717) is 0 Å². The Hall–Kier alpha value is 1.40. The zero-order valence-corrected chi connectivity index (χ0v) is 10.7. The van der Waals surface area contributed by atoms with Gasteiger partial charge in [-0.05, 0) is 0 Å². The van der Waals surface area contributed by atoms with Crippen LogP contribution in [0, 0.1) is 0 Å². The van der Waals surface area contributed by atoms with Crippen LogP contribution in [0.4, 0.5) is 0 Å². The van der Waals surface area contributed by atoms with Gasteiger partial charge in [-0.15, -0.1) is 0 Å². The van der Waals surface area contributed by atoms with Gasteiger partial charge in [0.15, 0.2) is 0 Å². The van der Waals surface area contributed by atoms with Gasteiger partial charge in [0.05, 0.1) is 15.6 Å². The van der Waals surface area contributed by atoms with Crippen LogP contribution >= 0.6 is 15.6 Å². The molecule has 7 nitrogen and oxygen atoms in total. The number of phosphoric acid groups is 2. The van der Waals surface area contributed by atoms with E-state index in [1.54, 1.807) is 0 Å². The molecule has 0 heterocycles. The molecular weight excluding hydrogens is 295 g/mol. The summed E-state index contributed by atoms with van der Waals surface area (Å²) >= 11 is 0. The summed E-state index contributed by atoms with van der Waals surface area (Å²) in [6, 6.07) is 0. The molecule has 0 spiro atoms. The zero-order chi connectivity index (χ0) is 7.71. The maximum Gasteiger partial charge on any atom is 2.00 e. The Morgan fingerprint density at radius 3 is 1.09 bits per heavy atom. The average molecular weight is 295 g/mol. The van der Waals surface area contributed by atoms with Gasteiger partial charge in [0.25, 0.3) is 0 Å². The van der Waals surface area contributed by atoms with Gasteiger partial charge >= 0.3 is 36.5 Å². The van der Waals surface area contributed by atoms with E-state index in [4.69, 9.17) is 0 Å². The molecule has 11 heavy (non-hydrogen) atoms. The summed E-state index contributed by atoms with van der Waals surface area (Å²) in [6.07, 6.45) is 0. The van der Waals surface area contributed by atoms with E-state index in [1.807, 2.05) is 0 Å². The Balaban J connectivity index is -0.000000320. The fourth-order valence-electron chi connectivity index (χ4n) is 0.122. The van der Waals surface area contributed by atoms with E-state index in [9.17, 15) is 28.7 Å². The molecule has 0 unspecified atom stereocenters. The van der Waals surface area contributed by atoms with Gasteiger partial charge in [-0.2, -0.15) is 0 Å². The zero-order valence-electron chi connectivity index (χ0n) is 4.81. The summed E-state index contributed by atoms with van der Waals surface area (Å²) in [7, 11) is -11.4. The van der Waals surface area contributed by atoms with Crippen LogP contribution in [0.3, 0.4) is 0 Å². The minimum atomic E-state index is -5.68. The van der Waals surface area contributed by atoms with Crippen molar-refractivity contribution in [1.29, 1.82) is 0 Å². The molecule has 11 heteroatoms. The molecule has 0 aliphatic heterocycles. The topological polar surface area (TPSA) is 136 Å². The van der Waals surface area contributed by atoms with Crippen molar-refractivity contribution in [3.63, 3.8) is 0 Å². The van der Waals surface area contributed by atoms with Gasteiger partial charge in [-0.3, -0.25) is 0 Å². The molecule has 0 aliphatic rings. The van der Waals surface area contributed by atoms with E-state index >= 15 is 0 Å². The van der Waals surface area contributed by atoms with Crippen molar-refractivity contribution in [2.24, 2.45) is 0 Å². The Bertz CT molecular complexity index is 157. The van der Waals surface area contributed by atoms with Crippen molar-refractivity contribution in [2.75, 3.05) is 0 Å². The largest absolute Gasteiger partial charge is 2.00 e. The first-order chi connectivity index (χ1) is 3.71. The number of hydrogen-bond donors (Lipinski definition) is 0. The molecule has 0 aromatic rings. The van der Waals surface area contributed by atoms with E-state index in [0.717, 1.165) is 0 Å². The second-order valence-corrected chi connectivity index (χ2v) is 3.42. The molecule has 0 amide bonds. The van der Waals surface area contributed by atoms with Crippen LogP contribution < -0.4 is 19.6 Å². The molecule has 0 radical (unpaired) electrons. The second-order valence-electron chi connectivity index (χ2n) is 0.976. The Morgan fingerprint density at radius 2 is 1.09 bits per heavy atom. The minimum Gasteiger partial charge on any atom is -0.790 e. The molecular formula is FeO7P2Zn. The molecule has 0 saturated heterocycles. The maximum atomic E-state index is 9.32. The molecule has 62 valence electrons. The molecule has 0 N–H and O–H groups in total. The standard InChI is InChI=1S/Fe.H4O7P2.Zn/c;1-8(2,3)7-9(4,5)6;/h;(H2,1,2,3)(H2,4,5,6);/q+2;;+2/p-4. The molecule has 0 aliphatic carbocycles. The van der Waals surface area contributed by atoms with Crippen molar-refractivity contribution in [3.05, 3.63) is 0 Å². The third kappa shape index (κ3) is 18.4. The number of hydrogen-bond acceptors (Lipinski definition) is 7. The van der Waals surface area contributed by atoms with Crippen LogP contribution in [0.25, 0.3) is 0 Å². The summed E-state index contributed by atoms with van der Waals surface area (Å²) in [5.74, 6) is 0. The van der Waals surface area contributed by atoms with E-state index < -0.39 is 15.6 Å². The fourth-order valence-corrected chi connectivity index (χ4v) is 1.10. The molecule has 0 atom stereocenters. The molecule has 0 bridgehead atoms. The van der Waals surface area contributed by atoms with Crippen molar-refractivity contribution < 1.29 is 69.6 Å². The van der Waals surface area contributed by atoms with Crippen LogP contribution in [-0.2, 0) is 50.0 Å². The van der Waals surface area contributed by atoms with Crippen LogP contribution in [0.2, 0.25) is 0 Å². The van der Waals surface area contributed by atoms with Crippen molar-refractivity contribution in [1.82, 2.24) is 0 Å². The van der Waals surface area contributed by atoms with Crippen molar-refractivity contribution in [2.45, 2.75) is 0 Å². The monoisotopic (exact) mass is 294 g/mol. The first-order valence-electron chi connectivity index (χ1n) is 1.46. The van der Waals surface area contributed by atoms with Crippen molar-refractivity contribution in [3.8, 4) is 0 Å². The minimum absolute atomic E-state index is 0. The predicted octanol–water partition coefficient (Wildman–Crippen LogP) is -3.34. The van der Waals surface area contributed by atoms with Gasteiger partial charge in [-0.1, -0.05) is 0 Å². The van der Waals surface area contributed by atoms with Crippen LogP contribution in [-0.4, -0.2) is 0 Å². The fraction of sp³-hybridized carbons (Fsp3) is 0. The Kier molecular flexibility index (Phi) is 9.86. The van der Waals surface area contributed by atoms with Crippen LogP contribution in [0.1, 0.15) is 0 Å². The molecule has 0 fully saturated rings. The predicted molar refractivity (Wildman–Crippen MR) is 16.3 cm³/mol. The molecule has 0 aromatic carbocycles. The van der Waals surface area contributed by atoms with Gasteiger partial charge in [0.1, 0.15) is 0 Å². The number of rotatable bonds is 2. The maximum absolute atomic E-state index is 9.32. The molecule has 0 aromatic heterocycles. The summed E-state index contributed by atoms with van der Waals surface area (Å²) in [5, 5.41) is 0. The first-order valence-corrected chi connectivity index (χ1v) is 4.38. The van der Waals surface area contributed by atoms with Gasteiger partial charge < -0.3 is 33.0 Å². The average Bonchev–Trinajstić information content (AvgIpc) is 1.14. The van der Waals surface area contributed by atoms with Gasteiger partial charge in [0.2, 0.25) is 0 Å². The SMILES string of the molecule is O=P([O-])([O-])OP(=O)([O-])[O-].[Fe+2].[Zn+2]. The molecule has 0 rings (SSSR count). The normalized spacial score (nSPS) is 11.3. The third-order valence-corrected chi connectivity index (χ3v) is 1.80. The van der Waals surface area contributed by atoms with Crippen molar-refractivity contribution >= 4 is 15.6 Å². The van der Waals surface area contributed by atoms with Gasteiger partial charge in [0, 0.05) is 0 Å². The van der Waals surface area contributed by atoms with E-state index in [1.165, 1.54) is 0 Å². The van der Waals surface area contributed by atoms with Gasteiger partial charge in [-0.25, -0.2) is 0 Å². The second kappa shape index (κ2) is 5.95. The summed E-state index contributed by atoms with van der Waals surface area (Å²) in [4.78, 5) is 37.3. The van der Waals surface area contributed by atoms with Crippen LogP contribution in [0.15, 0.2) is 0 Å². The Morgan fingerprint density at radius 1 is 0.909 bits per heavy atom. The smallest absolute Gasteiger partial charge is 0.790 e. The summed E-state index contributed by atoms with van der Waals surface area (Å²) in [6.45, 7) is 0. The van der Waals surface area contributed by atoms with E-state index in [2.05, 4.69) is 4.31 Å². The Labute approximate surface area is 85.2 Å². The first kappa shape index (κ1) is 18.2. The third-order valence-electron chi connectivity index (χ3n) is 0.200. The van der Waals surface area contributed by atoms with E-state index in [-0.39, 0.29) is 36.5 Å². The summed E-state index contributed by atoms with van der Waals surface area (Å²) < 4.78 is 21.2. The molecule has 0 saturated carbocycles. The van der Waals surface area contributed by atoms with Crippen LogP contribution in [0.5, 0.6) is 0 Å². The quantitative estimate of drug-likeness (QED) is 0.383. The summed E-state index contributed by atoms with van der Waals surface area (Å²) in [5.41, 5.74) is 0.